The van der Waals surface area contributed by atoms with Crippen LogP contribution in [-0.4, -0.2) is 22.7 Å². The number of halogens is 2. The van der Waals surface area contributed by atoms with Crippen LogP contribution in [0.15, 0.2) is 36.5 Å². The normalized spacial score (nSPS) is 12.1. The maximum atomic E-state index is 12.3. The van der Waals surface area contributed by atoms with Crippen molar-refractivity contribution >= 4 is 6.09 Å². The van der Waals surface area contributed by atoms with Crippen LogP contribution in [0.2, 0.25) is 0 Å². The van der Waals surface area contributed by atoms with Crippen molar-refractivity contribution in [1.82, 2.24) is 9.97 Å². The largest absolute Gasteiger partial charge is 0.439 e. The average Bonchev–Trinajstić information content (AvgIpc) is 2.57. The van der Waals surface area contributed by atoms with Gasteiger partial charge in [0.1, 0.15) is 5.69 Å². The van der Waals surface area contributed by atoms with E-state index in [0.717, 1.165) is 0 Å². The van der Waals surface area contributed by atoms with E-state index < -0.39 is 24.2 Å². The van der Waals surface area contributed by atoms with E-state index in [2.05, 4.69) is 26.5 Å². The highest BCUT2D eigenvalue weighted by Gasteiger charge is 2.30. The molecule has 2 N–H and O–H groups in total. The first-order valence-corrected chi connectivity index (χ1v) is 8.01. The van der Waals surface area contributed by atoms with E-state index in [0.29, 0.717) is 11.3 Å². The molecule has 0 aromatic carbocycles. The number of aromatic nitrogens is 2. The minimum atomic E-state index is -2.96. The van der Waals surface area contributed by atoms with Gasteiger partial charge in [-0.25, -0.2) is 9.78 Å². The van der Waals surface area contributed by atoms with Crippen LogP contribution in [0.3, 0.4) is 0 Å². The summed E-state index contributed by atoms with van der Waals surface area (Å²) in [4.78, 5) is 19.3. The number of hydrogen-bond acceptors (Lipinski definition) is 5. The third-order valence-corrected chi connectivity index (χ3v) is 3.34. The second-order valence-electron chi connectivity index (χ2n) is 6.64. The Hall–Kier alpha value is -3.21. The Balaban J connectivity index is 2.28. The number of alkyl halides is 2. The minimum Gasteiger partial charge on any atom is -0.439 e. The molecule has 0 spiro atoms. The van der Waals surface area contributed by atoms with Crippen LogP contribution in [0.5, 0.6) is 5.88 Å². The molecule has 6 nitrogen and oxygen atoms in total. The Morgan fingerprint density at radius 2 is 1.96 bits per heavy atom. The van der Waals surface area contributed by atoms with Gasteiger partial charge in [0, 0.05) is 23.2 Å². The minimum absolute atomic E-state index is 0.213. The molecule has 0 saturated heterocycles. The molecule has 1 atom stereocenters. The van der Waals surface area contributed by atoms with Crippen LogP contribution in [0.25, 0.3) is 0 Å². The van der Waals surface area contributed by atoms with Gasteiger partial charge in [-0.1, -0.05) is 32.8 Å². The zero-order valence-corrected chi connectivity index (χ0v) is 15.1. The molecule has 2 aromatic heterocycles. The molecule has 2 heterocycles. The van der Waals surface area contributed by atoms with Crippen molar-refractivity contribution in [3.05, 3.63) is 53.5 Å². The first kappa shape index (κ1) is 20.1. The molecule has 0 aliphatic carbocycles. The molecule has 2 rings (SSSR count). The maximum absolute atomic E-state index is 12.3. The summed E-state index contributed by atoms with van der Waals surface area (Å²) in [6.07, 6.45) is -0.0162. The smallest absolute Gasteiger partial charge is 0.405 e. The van der Waals surface area contributed by atoms with Crippen molar-refractivity contribution in [3.63, 3.8) is 0 Å². The number of hydrogen-bond donors (Lipinski definition) is 1. The number of pyridine rings is 2. The van der Waals surface area contributed by atoms with E-state index in [1.165, 1.54) is 18.3 Å². The summed E-state index contributed by atoms with van der Waals surface area (Å²) in [6, 6.07) is 7.74. The van der Waals surface area contributed by atoms with Gasteiger partial charge < -0.3 is 15.2 Å². The van der Waals surface area contributed by atoms with Gasteiger partial charge in [-0.15, -0.1) is 0 Å². The zero-order valence-electron chi connectivity index (χ0n) is 15.1. The molecular weight excluding hydrogens is 356 g/mol. The molecule has 0 aliphatic rings. The fourth-order valence-corrected chi connectivity index (χ4v) is 2.24. The van der Waals surface area contributed by atoms with Crippen molar-refractivity contribution in [2.45, 2.75) is 33.5 Å². The first-order chi connectivity index (χ1) is 12.6. The lowest BCUT2D eigenvalue weighted by Gasteiger charge is -2.29. The molecule has 2 aromatic rings. The van der Waals surface area contributed by atoms with Crippen LogP contribution >= 0.6 is 0 Å². The second-order valence-corrected chi connectivity index (χ2v) is 6.64. The second kappa shape index (κ2) is 8.45. The lowest BCUT2D eigenvalue weighted by Crippen LogP contribution is -2.27. The van der Waals surface area contributed by atoms with Crippen LogP contribution in [0, 0.1) is 17.3 Å². The standard InChI is InChI=1S/C19H19F2N3O3/c1-19(2,3)16(27-18(22)25)14-11-12(9-10-23-14)7-8-13-5-4-6-15(24-13)26-17(20)21/h4-6,9-11,16-17H,1-3H3,(H2,22,25). The van der Waals surface area contributed by atoms with Crippen molar-refractivity contribution in [1.29, 1.82) is 0 Å². The summed E-state index contributed by atoms with van der Waals surface area (Å²) in [5, 5.41) is 0. The van der Waals surface area contributed by atoms with E-state index in [4.69, 9.17) is 10.5 Å². The molecule has 8 heteroatoms. The Morgan fingerprint density at radius 1 is 1.22 bits per heavy atom. The van der Waals surface area contributed by atoms with Crippen molar-refractivity contribution in [2.24, 2.45) is 11.1 Å². The van der Waals surface area contributed by atoms with Crippen LogP contribution in [-0.2, 0) is 4.74 Å². The van der Waals surface area contributed by atoms with E-state index in [1.54, 1.807) is 18.2 Å². The number of carbonyl (C=O) groups excluding carboxylic acids is 1. The van der Waals surface area contributed by atoms with E-state index in [9.17, 15) is 13.6 Å². The summed E-state index contributed by atoms with van der Waals surface area (Å²) in [5.74, 6) is 5.44. The Kier molecular flexibility index (Phi) is 6.29. The molecule has 1 amide bonds. The molecule has 0 bridgehead atoms. The van der Waals surface area contributed by atoms with Crippen molar-refractivity contribution in [2.75, 3.05) is 0 Å². The lowest BCUT2D eigenvalue weighted by atomic mass is 9.86. The topological polar surface area (TPSA) is 87.3 Å². The zero-order chi connectivity index (χ0) is 20.0. The predicted octanol–water partition coefficient (Wildman–Crippen LogP) is 3.66. The number of nitrogens with zero attached hydrogens (tertiary/aromatic N) is 2. The van der Waals surface area contributed by atoms with Gasteiger partial charge in [0.15, 0.2) is 6.10 Å². The summed E-state index contributed by atoms with van der Waals surface area (Å²) in [5.41, 5.74) is 6.08. The molecular formula is C19H19F2N3O3. The highest BCUT2D eigenvalue weighted by atomic mass is 19.3. The van der Waals surface area contributed by atoms with Crippen LogP contribution < -0.4 is 10.5 Å². The van der Waals surface area contributed by atoms with Crippen molar-refractivity contribution in [3.8, 4) is 17.7 Å². The quantitative estimate of drug-likeness (QED) is 0.824. The SMILES string of the molecule is CC(C)(C)C(OC(N)=O)c1cc(C#Cc2cccc(OC(F)F)n2)ccn1. The molecule has 0 aliphatic heterocycles. The number of primary amides is 1. The number of carbonyl (C=O) groups is 1. The first-order valence-electron chi connectivity index (χ1n) is 8.01. The predicted molar refractivity (Wildman–Crippen MR) is 94.0 cm³/mol. The van der Waals surface area contributed by atoms with E-state index >= 15 is 0 Å². The third kappa shape index (κ3) is 6.22. The van der Waals surface area contributed by atoms with E-state index in [1.807, 2.05) is 20.8 Å². The number of ether oxygens (including phenoxy) is 2. The lowest BCUT2D eigenvalue weighted by molar-refractivity contribution is -0.0528. The van der Waals surface area contributed by atoms with Gasteiger partial charge in [0.2, 0.25) is 5.88 Å². The Labute approximate surface area is 155 Å². The molecule has 0 saturated carbocycles. The third-order valence-electron chi connectivity index (χ3n) is 3.34. The van der Waals surface area contributed by atoms with Crippen molar-refractivity contribution < 1.29 is 23.0 Å². The highest BCUT2D eigenvalue weighted by molar-refractivity contribution is 5.65. The van der Waals surface area contributed by atoms with Gasteiger partial charge in [-0.2, -0.15) is 8.78 Å². The molecule has 1 unspecified atom stereocenters. The van der Waals surface area contributed by atoms with Gasteiger partial charge in [0.25, 0.3) is 0 Å². The fraction of sp³-hybridized carbons (Fsp3) is 0.316. The number of amides is 1. The number of nitrogens with two attached hydrogens (primary N) is 1. The van der Waals surface area contributed by atoms with E-state index in [-0.39, 0.29) is 11.6 Å². The summed E-state index contributed by atoms with van der Waals surface area (Å²) in [7, 11) is 0. The molecule has 142 valence electrons. The molecule has 0 fully saturated rings. The van der Waals surface area contributed by atoms with Gasteiger partial charge in [0.05, 0.1) is 5.69 Å². The van der Waals surface area contributed by atoms with Gasteiger partial charge in [-0.3, -0.25) is 4.98 Å². The monoisotopic (exact) mass is 375 g/mol. The fourth-order valence-electron chi connectivity index (χ4n) is 2.24. The van der Waals surface area contributed by atoms with Gasteiger partial charge >= 0.3 is 12.7 Å². The average molecular weight is 375 g/mol. The van der Waals surface area contributed by atoms with Crippen LogP contribution in [0.1, 0.15) is 43.8 Å². The Bertz CT molecular complexity index is 870. The number of rotatable bonds is 4. The molecule has 0 radical (unpaired) electrons. The Morgan fingerprint density at radius 3 is 2.59 bits per heavy atom. The maximum Gasteiger partial charge on any atom is 0.405 e. The molecule has 27 heavy (non-hydrogen) atoms. The van der Waals surface area contributed by atoms with Gasteiger partial charge in [-0.05, 0) is 24.1 Å². The summed E-state index contributed by atoms with van der Waals surface area (Å²) < 4.78 is 34.0. The van der Waals surface area contributed by atoms with Crippen LogP contribution in [0.4, 0.5) is 13.6 Å². The summed E-state index contributed by atoms with van der Waals surface area (Å²) >= 11 is 0. The highest BCUT2D eigenvalue weighted by Crippen LogP contribution is 2.35. The summed E-state index contributed by atoms with van der Waals surface area (Å²) in [6.45, 7) is 2.71.